The topological polar surface area (TPSA) is 52.7 Å². The highest BCUT2D eigenvalue weighted by atomic mass is 16.2. The van der Waals surface area contributed by atoms with Crippen LogP contribution < -0.4 is 10.2 Å². The lowest BCUT2D eigenvalue weighted by Crippen LogP contribution is -2.24. The molecule has 0 atom stereocenters. The minimum absolute atomic E-state index is 0.0665. The highest BCUT2D eigenvalue weighted by molar-refractivity contribution is 5.94. The highest BCUT2D eigenvalue weighted by Gasteiger charge is 2.07. The lowest BCUT2D eigenvalue weighted by molar-refractivity contribution is -0.125. The zero-order valence-corrected chi connectivity index (χ0v) is 17.1. The van der Waals surface area contributed by atoms with Crippen molar-refractivity contribution in [2.75, 3.05) is 32.1 Å². The molecule has 0 unspecified atom stereocenters. The zero-order valence-electron chi connectivity index (χ0n) is 17.1. The molecule has 0 aliphatic carbocycles. The van der Waals surface area contributed by atoms with Crippen molar-refractivity contribution in [2.24, 2.45) is 0 Å². The van der Waals surface area contributed by atoms with Crippen LogP contribution in [0, 0.1) is 0 Å². The largest absolute Gasteiger partial charge is 0.372 e. The molecule has 0 saturated heterocycles. The van der Waals surface area contributed by atoms with Gasteiger partial charge < -0.3 is 15.1 Å². The van der Waals surface area contributed by atoms with Gasteiger partial charge in [-0.05, 0) is 55.3 Å². The fraction of sp³-hybridized carbons (Fsp3) is 0.304. The van der Waals surface area contributed by atoms with E-state index in [1.54, 1.807) is 43.3 Å². The van der Waals surface area contributed by atoms with Gasteiger partial charge in [-0.25, -0.2) is 0 Å². The van der Waals surface area contributed by atoms with Crippen molar-refractivity contribution in [3.8, 4) is 0 Å². The summed E-state index contributed by atoms with van der Waals surface area (Å²) in [5.74, 6) is -0.193. The number of carbonyl (C=O) groups excluding carboxylic acids is 2. The second kappa shape index (κ2) is 10.3. The van der Waals surface area contributed by atoms with Crippen LogP contribution >= 0.6 is 0 Å². The van der Waals surface area contributed by atoms with Crippen LogP contribution in [-0.2, 0) is 11.3 Å². The van der Waals surface area contributed by atoms with E-state index < -0.39 is 0 Å². The minimum Gasteiger partial charge on any atom is -0.372 e. The minimum atomic E-state index is -0.127. The summed E-state index contributed by atoms with van der Waals surface area (Å²) in [6.07, 6.45) is 3.31. The summed E-state index contributed by atoms with van der Waals surface area (Å²) < 4.78 is 0. The molecule has 148 valence electrons. The van der Waals surface area contributed by atoms with E-state index in [1.807, 2.05) is 12.1 Å². The van der Waals surface area contributed by atoms with Crippen molar-refractivity contribution in [3.63, 3.8) is 0 Å². The Labute approximate surface area is 167 Å². The first-order valence-corrected chi connectivity index (χ1v) is 9.57. The molecule has 28 heavy (non-hydrogen) atoms. The van der Waals surface area contributed by atoms with Crippen LogP contribution in [0.25, 0.3) is 6.08 Å². The molecule has 0 fully saturated rings. The summed E-state index contributed by atoms with van der Waals surface area (Å²) in [6.45, 7) is 6.79. The molecule has 0 saturated carbocycles. The molecule has 0 aliphatic rings. The van der Waals surface area contributed by atoms with Gasteiger partial charge >= 0.3 is 0 Å². The number of rotatable bonds is 8. The molecule has 5 heteroatoms. The molecule has 0 spiro atoms. The fourth-order valence-corrected chi connectivity index (χ4v) is 2.94. The van der Waals surface area contributed by atoms with Gasteiger partial charge in [-0.3, -0.25) is 9.59 Å². The number of nitrogens with one attached hydrogen (secondary N) is 1. The normalized spacial score (nSPS) is 10.7. The summed E-state index contributed by atoms with van der Waals surface area (Å²) in [5, 5.41) is 2.58. The number of anilines is 1. The number of hydrogen-bond donors (Lipinski definition) is 1. The van der Waals surface area contributed by atoms with Crippen molar-refractivity contribution >= 4 is 23.6 Å². The maximum atomic E-state index is 12.4. The third-order valence-corrected chi connectivity index (χ3v) is 4.68. The molecule has 0 bridgehead atoms. The highest BCUT2D eigenvalue weighted by Crippen LogP contribution is 2.16. The van der Waals surface area contributed by atoms with Crippen molar-refractivity contribution in [3.05, 3.63) is 71.3 Å². The first-order valence-electron chi connectivity index (χ1n) is 9.57. The van der Waals surface area contributed by atoms with Crippen molar-refractivity contribution < 1.29 is 9.59 Å². The Balaban J connectivity index is 1.95. The fourth-order valence-electron chi connectivity index (χ4n) is 2.94. The summed E-state index contributed by atoms with van der Waals surface area (Å²) in [5.41, 5.74) is 3.76. The standard InChI is InChI=1S/C23H29N3O2/c1-5-26(6-2)21-14-9-19(10-15-21)17-25(4)22(27)16-11-18-7-12-20(13-8-18)23(28)24-3/h7-16H,5-6,17H2,1-4H3,(H,24,28). The van der Waals surface area contributed by atoms with Gasteiger partial charge in [0.05, 0.1) is 0 Å². The zero-order chi connectivity index (χ0) is 20.5. The molecule has 2 aromatic carbocycles. The summed E-state index contributed by atoms with van der Waals surface area (Å²) in [4.78, 5) is 27.9. The number of benzene rings is 2. The molecule has 0 aromatic heterocycles. The average molecular weight is 380 g/mol. The molecule has 2 aromatic rings. The smallest absolute Gasteiger partial charge is 0.251 e. The van der Waals surface area contributed by atoms with Gasteiger partial charge in [0.1, 0.15) is 0 Å². The number of amides is 2. The monoisotopic (exact) mass is 379 g/mol. The molecule has 2 amide bonds. The predicted octanol–water partition coefficient (Wildman–Crippen LogP) is 3.56. The molecule has 1 N–H and O–H groups in total. The van der Waals surface area contributed by atoms with Crippen LogP contribution in [0.2, 0.25) is 0 Å². The van der Waals surface area contributed by atoms with Gasteiger partial charge in [-0.15, -0.1) is 0 Å². The molecule has 0 aliphatic heterocycles. The van der Waals surface area contributed by atoms with Gasteiger partial charge in [0.25, 0.3) is 5.91 Å². The molecule has 0 heterocycles. The second-order valence-corrected chi connectivity index (χ2v) is 6.57. The van der Waals surface area contributed by atoms with E-state index in [0.29, 0.717) is 12.1 Å². The Morgan fingerprint density at radius 1 is 0.964 bits per heavy atom. The van der Waals surface area contributed by atoms with Gasteiger partial charge in [0.2, 0.25) is 5.91 Å². The number of nitrogens with zero attached hydrogens (tertiary/aromatic N) is 2. The van der Waals surface area contributed by atoms with E-state index in [2.05, 4.69) is 48.3 Å². The first kappa shape index (κ1) is 21.2. The third kappa shape index (κ3) is 5.71. The van der Waals surface area contributed by atoms with E-state index in [0.717, 1.165) is 24.2 Å². The molecule has 2 rings (SSSR count). The van der Waals surface area contributed by atoms with Crippen LogP contribution in [-0.4, -0.2) is 43.9 Å². The lowest BCUT2D eigenvalue weighted by atomic mass is 10.1. The number of hydrogen-bond acceptors (Lipinski definition) is 3. The Hall–Kier alpha value is -3.08. The maximum absolute atomic E-state index is 12.4. The van der Waals surface area contributed by atoms with Crippen molar-refractivity contribution in [1.82, 2.24) is 10.2 Å². The second-order valence-electron chi connectivity index (χ2n) is 6.57. The SMILES string of the molecule is CCN(CC)c1ccc(CN(C)C(=O)C=Cc2ccc(C(=O)NC)cc2)cc1. The molecule has 5 nitrogen and oxygen atoms in total. The van der Waals surface area contributed by atoms with Crippen LogP contribution in [0.15, 0.2) is 54.6 Å². The first-order chi connectivity index (χ1) is 13.5. The van der Waals surface area contributed by atoms with E-state index >= 15 is 0 Å². The Bertz CT molecular complexity index is 807. The van der Waals surface area contributed by atoms with Gasteiger partial charge in [-0.2, -0.15) is 0 Å². The third-order valence-electron chi connectivity index (χ3n) is 4.68. The van der Waals surface area contributed by atoms with E-state index in [-0.39, 0.29) is 11.8 Å². The molecular weight excluding hydrogens is 350 g/mol. The Morgan fingerprint density at radius 2 is 1.57 bits per heavy atom. The van der Waals surface area contributed by atoms with E-state index in [4.69, 9.17) is 0 Å². The van der Waals surface area contributed by atoms with Crippen LogP contribution in [0.4, 0.5) is 5.69 Å². The predicted molar refractivity (Wildman–Crippen MR) is 115 cm³/mol. The van der Waals surface area contributed by atoms with Crippen molar-refractivity contribution in [2.45, 2.75) is 20.4 Å². The van der Waals surface area contributed by atoms with E-state index in [1.165, 1.54) is 5.69 Å². The Kier molecular flexibility index (Phi) is 7.81. The lowest BCUT2D eigenvalue weighted by Gasteiger charge is -2.21. The average Bonchev–Trinajstić information content (AvgIpc) is 2.73. The van der Waals surface area contributed by atoms with Crippen molar-refractivity contribution in [1.29, 1.82) is 0 Å². The number of carbonyl (C=O) groups is 2. The summed E-state index contributed by atoms with van der Waals surface area (Å²) >= 11 is 0. The molecular formula is C23H29N3O2. The quantitative estimate of drug-likeness (QED) is 0.714. The van der Waals surface area contributed by atoms with E-state index in [9.17, 15) is 9.59 Å². The van der Waals surface area contributed by atoms with Crippen LogP contribution in [0.3, 0.4) is 0 Å². The maximum Gasteiger partial charge on any atom is 0.251 e. The molecule has 0 radical (unpaired) electrons. The van der Waals surface area contributed by atoms with Gasteiger partial charge in [0, 0.05) is 51.1 Å². The Morgan fingerprint density at radius 3 is 2.11 bits per heavy atom. The van der Waals surface area contributed by atoms with Crippen LogP contribution in [0.5, 0.6) is 0 Å². The number of likely N-dealkylation sites (N-methyl/N-ethyl adjacent to an activating group) is 1. The summed E-state index contributed by atoms with van der Waals surface area (Å²) in [6, 6.07) is 15.5. The summed E-state index contributed by atoms with van der Waals surface area (Å²) in [7, 11) is 3.39. The van der Waals surface area contributed by atoms with Gasteiger partial charge in [-0.1, -0.05) is 24.3 Å². The van der Waals surface area contributed by atoms with Crippen LogP contribution in [0.1, 0.15) is 35.3 Å². The van der Waals surface area contributed by atoms with Gasteiger partial charge in [0.15, 0.2) is 0 Å².